The Morgan fingerprint density at radius 1 is 1.10 bits per heavy atom. The number of amides is 1. The van der Waals surface area contributed by atoms with Crippen molar-refractivity contribution in [1.82, 2.24) is 24.6 Å². The van der Waals surface area contributed by atoms with Crippen LogP contribution < -0.4 is 9.47 Å². The maximum atomic E-state index is 13.1. The molecule has 4 rings (SSSR count). The van der Waals surface area contributed by atoms with Gasteiger partial charge in [0.25, 0.3) is 5.91 Å². The van der Waals surface area contributed by atoms with E-state index in [-0.39, 0.29) is 12.0 Å². The average Bonchev–Trinajstić information content (AvgIpc) is 3.14. The molecule has 162 valence electrons. The minimum Gasteiger partial charge on any atom is -0.496 e. The first kappa shape index (κ1) is 20.8. The fourth-order valence-corrected chi connectivity index (χ4v) is 3.91. The lowest BCUT2D eigenvalue weighted by atomic mass is 10.1. The molecule has 1 aliphatic rings. The third kappa shape index (κ3) is 4.52. The molecule has 8 heteroatoms. The number of ether oxygens (including phenoxy) is 2. The molecular formula is C23H27N5O3. The van der Waals surface area contributed by atoms with Crippen molar-refractivity contribution < 1.29 is 14.3 Å². The van der Waals surface area contributed by atoms with Crippen LogP contribution in [-0.2, 0) is 7.05 Å². The lowest BCUT2D eigenvalue weighted by Gasteiger charge is -2.31. The van der Waals surface area contributed by atoms with Gasteiger partial charge in [-0.3, -0.25) is 9.48 Å². The maximum Gasteiger partial charge on any atom is 0.272 e. The number of hydrogen-bond donors (Lipinski definition) is 0. The molecule has 0 atom stereocenters. The summed E-state index contributed by atoms with van der Waals surface area (Å²) < 4.78 is 13.1. The SMILES string of the molecule is COc1ccccc1-c1cc(C(=O)N2CCC(Oc3cc(C)nc(C)n3)CC2)n(C)n1. The number of carbonyl (C=O) groups is 1. The van der Waals surface area contributed by atoms with Crippen LogP contribution in [0.1, 0.15) is 34.8 Å². The number of carbonyl (C=O) groups excluding carboxylic acids is 1. The van der Waals surface area contributed by atoms with E-state index in [9.17, 15) is 4.79 Å². The highest BCUT2D eigenvalue weighted by Crippen LogP contribution is 2.29. The molecule has 8 nitrogen and oxygen atoms in total. The van der Waals surface area contributed by atoms with Gasteiger partial charge in [0.2, 0.25) is 5.88 Å². The molecule has 1 fully saturated rings. The normalized spacial score (nSPS) is 14.5. The summed E-state index contributed by atoms with van der Waals surface area (Å²) in [5, 5.41) is 4.54. The molecule has 2 aromatic heterocycles. The van der Waals surface area contributed by atoms with Gasteiger partial charge in [-0.15, -0.1) is 0 Å². The van der Waals surface area contributed by atoms with Crippen molar-refractivity contribution in [2.75, 3.05) is 20.2 Å². The Hall–Kier alpha value is -3.42. The van der Waals surface area contributed by atoms with E-state index in [4.69, 9.17) is 9.47 Å². The molecular weight excluding hydrogens is 394 g/mol. The number of benzene rings is 1. The molecule has 1 aromatic carbocycles. The van der Waals surface area contributed by atoms with E-state index < -0.39 is 0 Å². The van der Waals surface area contributed by atoms with Gasteiger partial charge in [-0.1, -0.05) is 12.1 Å². The van der Waals surface area contributed by atoms with Crippen LogP contribution in [0.3, 0.4) is 0 Å². The van der Waals surface area contributed by atoms with Crippen LogP contribution in [-0.4, -0.2) is 56.9 Å². The first-order valence-electron chi connectivity index (χ1n) is 10.4. The first-order chi connectivity index (χ1) is 14.9. The summed E-state index contributed by atoms with van der Waals surface area (Å²) in [6.45, 7) is 5.04. The van der Waals surface area contributed by atoms with Gasteiger partial charge < -0.3 is 14.4 Å². The van der Waals surface area contributed by atoms with Gasteiger partial charge in [0, 0.05) is 50.3 Å². The lowest BCUT2D eigenvalue weighted by molar-refractivity contribution is 0.0577. The molecule has 1 aliphatic heterocycles. The van der Waals surface area contributed by atoms with Gasteiger partial charge in [-0.2, -0.15) is 10.1 Å². The number of piperidine rings is 1. The molecule has 1 amide bonds. The predicted octanol–water partition coefficient (Wildman–Crippen LogP) is 3.19. The smallest absolute Gasteiger partial charge is 0.272 e. The van der Waals surface area contributed by atoms with E-state index in [1.165, 1.54) is 0 Å². The monoisotopic (exact) mass is 421 g/mol. The van der Waals surface area contributed by atoms with Crippen LogP contribution in [0.5, 0.6) is 11.6 Å². The zero-order valence-corrected chi connectivity index (χ0v) is 18.3. The second kappa shape index (κ2) is 8.75. The van der Waals surface area contributed by atoms with Gasteiger partial charge in [-0.25, -0.2) is 4.98 Å². The standard InChI is InChI=1S/C23H27N5O3/c1-15-13-22(25-16(2)24-15)31-17-9-11-28(12-10-17)23(29)20-14-19(26-27(20)3)18-7-5-6-8-21(18)30-4/h5-8,13-14,17H,9-12H2,1-4H3. The van der Waals surface area contributed by atoms with Gasteiger partial charge in [0.05, 0.1) is 12.8 Å². The number of aryl methyl sites for hydroxylation is 3. The predicted molar refractivity (Wildman–Crippen MR) is 116 cm³/mol. The van der Waals surface area contributed by atoms with Crippen molar-refractivity contribution in [3.63, 3.8) is 0 Å². The van der Waals surface area contributed by atoms with Gasteiger partial charge in [-0.05, 0) is 32.0 Å². The minimum absolute atomic E-state index is 0.0247. The third-order valence-electron chi connectivity index (χ3n) is 5.44. The van der Waals surface area contributed by atoms with Crippen LogP contribution in [0, 0.1) is 13.8 Å². The molecule has 31 heavy (non-hydrogen) atoms. The summed E-state index contributed by atoms with van der Waals surface area (Å²) in [6.07, 6.45) is 1.55. The summed E-state index contributed by atoms with van der Waals surface area (Å²) in [4.78, 5) is 23.6. The summed E-state index contributed by atoms with van der Waals surface area (Å²) in [6, 6.07) is 11.3. The molecule has 3 aromatic rings. The molecule has 0 unspecified atom stereocenters. The summed E-state index contributed by atoms with van der Waals surface area (Å²) >= 11 is 0. The summed E-state index contributed by atoms with van der Waals surface area (Å²) in [7, 11) is 3.42. The molecule has 0 aliphatic carbocycles. The summed E-state index contributed by atoms with van der Waals surface area (Å²) in [5.74, 6) is 2.00. The zero-order chi connectivity index (χ0) is 22.0. The Morgan fingerprint density at radius 2 is 1.84 bits per heavy atom. The van der Waals surface area contributed by atoms with E-state index in [0.29, 0.717) is 30.5 Å². The van der Waals surface area contributed by atoms with Crippen LogP contribution in [0.25, 0.3) is 11.3 Å². The molecule has 0 radical (unpaired) electrons. The molecule has 0 bridgehead atoms. The van der Waals surface area contributed by atoms with E-state index in [1.54, 1.807) is 18.8 Å². The summed E-state index contributed by atoms with van der Waals surface area (Å²) in [5.41, 5.74) is 3.03. The van der Waals surface area contributed by atoms with Crippen LogP contribution in [0.2, 0.25) is 0 Å². The van der Waals surface area contributed by atoms with Crippen molar-refractivity contribution in [2.24, 2.45) is 7.05 Å². The van der Waals surface area contributed by atoms with Gasteiger partial charge >= 0.3 is 0 Å². The Labute approximate surface area is 181 Å². The highest BCUT2D eigenvalue weighted by atomic mass is 16.5. The number of nitrogens with zero attached hydrogens (tertiary/aromatic N) is 5. The number of aromatic nitrogens is 4. The number of hydrogen-bond acceptors (Lipinski definition) is 6. The van der Waals surface area contributed by atoms with E-state index in [0.717, 1.165) is 35.5 Å². The minimum atomic E-state index is -0.0247. The van der Waals surface area contributed by atoms with Gasteiger partial charge in [0.15, 0.2) is 0 Å². The number of likely N-dealkylation sites (tertiary alicyclic amines) is 1. The third-order valence-corrected chi connectivity index (χ3v) is 5.44. The van der Waals surface area contributed by atoms with Crippen molar-refractivity contribution in [3.05, 3.63) is 53.6 Å². The van der Waals surface area contributed by atoms with Crippen LogP contribution in [0.15, 0.2) is 36.4 Å². The Bertz CT molecular complexity index is 1070. The second-order valence-corrected chi connectivity index (χ2v) is 7.74. The highest BCUT2D eigenvalue weighted by molar-refractivity contribution is 5.94. The molecule has 0 saturated carbocycles. The Balaban J connectivity index is 1.42. The van der Waals surface area contributed by atoms with Crippen molar-refractivity contribution in [3.8, 4) is 22.9 Å². The fourth-order valence-electron chi connectivity index (χ4n) is 3.91. The largest absolute Gasteiger partial charge is 0.496 e. The average molecular weight is 422 g/mol. The molecule has 0 N–H and O–H groups in total. The fraction of sp³-hybridized carbons (Fsp3) is 0.391. The molecule has 1 saturated heterocycles. The lowest BCUT2D eigenvalue weighted by Crippen LogP contribution is -2.42. The van der Waals surface area contributed by atoms with Gasteiger partial charge in [0.1, 0.15) is 23.4 Å². The Morgan fingerprint density at radius 3 is 2.55 bits per heavy atom. The Kier molecular flexibility index (Phi) is 5.88. The molecule has 3 heterocycles. The highest BCUT2D eigenvalue weighted by Gasteiger charge is 2.27. The van der Waals surface area contributed by atoms with Crippen molar-refractivity contribution >= 4 is 5.91 Å². The second-order valence-electron chi connectivity index (χ2n) is 7.74. The zero-order valence-electron chi connectivity index (χ0n) is 18.3. The van der Waals surface area contributed by atoms with E-state index in [2.05, 4.69) is 15.1 Å². The van der Waals surface area contributed by atoms with Crippen LogP contribution >= 0.6 is 0 Å². The topological polar surface area (TPSA) is 82.4 Å². The van der Waals surface area contributed by atoms with Crippen molar-refractivity contribution in [1.29, 1.82) is 0 Å². The molecule has 0 spiro atoms. The van der Waals surface area contributed by atoms with E-state index >= 15 is 0 Å². The number of methoxy groups -OCH3 is 1. The number of rotatable bonds is 5. The maximum absolute atomic E-state index is 13.1. The number of para-hydroxylation sites is 1. The van der Waals surface area contributed by atoms with Crippen LogP contribution in [0.4, 0.5) is 0 Å². The van der Waals surface area contributed by atoms with Crippen molar-refractivity contribution in [2.45, 2.75) is 32.8 Å². The van der Waals surface area contributed by atoms with E-state index in [1.807, 2.05) is 55.1 Å². The first-order valence-corrected chi connectivity index (χ1v) is 10.4. The quantitative estimate of drug-likeness (QED) is 0.629.